The number of hydrogen-bond acceptors (Lipinski definition) is 5. The number of ether oxygens (including phenoxy) is 4. The van der Waals surface area contributed by atoms with E-state index < -0.39 is 6.29 Å². The lowest BCUT2D eigenvalue weighted by atomic mass is 9.87. The van der Waals surface area contributed by atoms with Gasteiger partial charge >= 0.3 is 6.09 Å². The van der Waals surface area contributed by atoms with E-state index in [0.717, 1.165) is 16.7 Å². The summed E-state index contributed by atoms with van der Waals surface area (Å²) in [7, 11) is 3.26. The van der Waals surface area contributed by atoms with Gasteiger partial charge in [-0.1, -0.05) is 60.7 Å². The fraction of sp³-hybridized carbons (Fsp3) is 0.375. The standard InChI is InChI=1S/C24H27NO5/c1-27-23(28-2)22-11-7-6-10-21(22)18-12-19-15-29-16-20(13-18)25(19)24(26)30-14-17-8-4-3-5-9-17/h3-12,19-20,23H,13-16H2,1-2H3. The normalized spacial score (nSPS) is 20.8. The number of morpholine rings is 1. The molecule has 2 atom stereocenters. The third-order valence-electron chi connectivity index (χ3n) is 5.60. The fourth-order valence-electron chi connectivity index (χ4n) is 4.22. The molecule has 0 radical (unpaired) electrons. The predicted molar refractivity (Wildman–Crippen MR) is 113 cm³/mol. The van der Waals surface area contributed by atoms with E-state index in [4.69, 9.17) is 18.9 Å². The van der Waals surface area contributed by atoms with Crippen LogP contribution in [0.4, 0.5) is 4.79 Å². The van der Waals surface area contributed by atoms with Crippen molar-refractivity contribution in [2.75, 3.05) is 27.4 Å². The Labute approximate surface area is 177 Å². The van der Waals surface area contributed by atoms with Crippen molar-refractivity contribution >= 4 is 11.7 Å². The minimum Gasteiger partial charge on any atom is -0.445 e. The van der Waals surface area contributed by atoms with Gasteiger partial charge in [0.25, 0.3) is 0 Å². The van der Waals surface area contributed by atoms with E-state index in [0.29, 0.717) is 19.6 Å². The lowest BCUT2D eigenvalue weighted by molar-refractivity contribution is -0.106. The van der Waals surface area contributed by atoms with Crippen molar-refractivity contribution in [1.82, 2.24) is 4.90 Å². The first-order valence-electron chi connectivity index (χ1n) is 10.1. The highest BCUT2D eigenvalue weighted by atomic mass is 16.7. The minimum absolute atomic E-state index is 0.0661. The second kappa shape index (κ2) is 9.43. The quantitative estimate of drug-likeness (QED) is 0.670. The van der Waals surface area contributed by atoms with E-state index >= 15 is 0 Å². The molecule has 6 heteroatoms. The predicted octanol–water partition coefficient (Wildman–Crippen LogP) is 4.17. The summed E-state index contributed by atoms with van der Waals surface area (Å²) in [6.07, 6.45) is 2.06. The molecule has 0 aromatic heterocycles. The molecule has 6 nitrogen and oxygen atoms in total. The number of rotatable bonds is 6. The Morgan fingerprint density at radius 2 is 1.80 bits per heavy atom. The monoisotopic (exact) mass is 409 g/mol. The van der Waals surface area contributed by atoms with Gasteiger partial charge in [0.15, 0.2) is 6.29 Å². The maximum absolute atomic E-state index is 12.9. The first-order chi connectivity index (χ1) is 14.7. The number of fused-ring (bicyclic) bond motifs is 2. The van der Waals surface area contributed by atoms with Crippen LogP contribution in [-0.4, -0.2) is 50.5 Å². The Morgan fingerprint density at radius 3 is 2.53 bits per heavy atom. The van der Waals surface area contributed by atoms with Crippen LogP contribution in [0.5, 0.6) is 0 Å². The molecule has 2 aromatic rings. The van der Waals surface area contributed by atoms with Crippen LogP contribution in [0.1, 0.15) is 29.4 Å². The molecule has 0 aliphatic carbocycles. The van der Waals surface area contributed by atoms with Gasteiger partial charge in [-0.15, -0.1) is 0 Å². The van der Waals surface area contributed by atoms with Gasteiger partial charge in [0.2, 0.25) is 0 Å². The third-order valence-corrected chi connectivity index (χ3v) is 5.60. The van der Waals surface area contributed by atoms with Gasteiger partial charge in [-0.3, -0.25) is 4.90 Å². The van der Waals surface area contributed by atoms with Crippen LogP contribution >= 0.6 is 0 Å². The van der Waals surface area contributed by atoms with E-state index in [1.165, 1.54) is 5.57 Å². The number of methoxy groups -OCH3 is 2. The van der Waals surface area contributed by atoms with Crippen molar-refractivity contribution in [3.05, 3.63) is 77.4 Å². The Hall–Kier alpha value is -2.67. The number of hydrogen-bond donors (Lipinski definition) is 0. The highest BCUT2D eigenvalue weighted by Crippen LogP contribution is 2.36. The van der Waals surface area contributed by atoms with Crippen molar-refractivity contribution in [1.29, 1.82) is 0 Å². The molecule has 0 saturated carbocycles. The topological polar surface area (TPSA) is 57.2 Å². The van der Waals surface area contributed by atoms with Gasteiger partial charge in [0.1, 0.15) is 6.61 Å². The molecule has 2 heterocycles. The lowest BCUT2D eigenvalue weighted by Gasteiger charge is -2.44. The molecule has 2 bridgehead atoms. The molecule has 0 spiro atoms. The molecular formula is C24H27NO5. The Morgan fingerprint density at radius 1 is 1.07 bits per heavy atom. The largest absolute Gasteiger partial charge is 0.445 e. The zero-order chi connectivity index (χ0) is 20.9. The maximum Gasteiger partial charge on any atom is 0.411 e. The molecule has 0 N–H and O–H groups in total. The molecule has 1 amide bonds. The van der Waals surface area contributed by atoms with E-state index in [1.54, 1.807) is 14.2 Å². The summed E-state index contributed by atoms with van der Waals surface area (Å²) in [5, 5.41) is 0. The molecule has 2 aromatic carbocycles. The minimum atomic E-state index is -0.438. The Balaban J connectivity index is 1.55. The van der Waals surface area contributed by atoms with E-state index in [2.05, 4.69) is 12.1 Å². The van der Waals surface area contributed by atoms with E-state index in [-0.39, 0.29) is 24.8 Å². The summed E-state index contributed by atoms with van der Waals surface area (Å²) >= 11 is 0. The SMILES string of the molecule is COC(OC)c1ccccc1C1=CC2COCC(C1)N2C(=O)OCc1ccccc1. The van der Waals surface area contributed by atoms with Crippen LogP contribution in [-0.2, 0) is 25.6 Å². The van der Waals surface area contributed by atoms with Crippen LogP contribution in [0.15, 0.2) is 60.7 Å². The van der Waals surface area contributed by atoms with Gasteiger partial charge in [-0.25, -0.2) is 4.79 Å². The summed E-state index contributed by atoms with van der Waals surface area (Å²) in [5.74, 6) is 0. The van der Waals surface area contributed by atoms with Crippen molar-refractivity contribution in [2.24, 2.45) is 0 Å². The number of nitrogens with zero attached hydrogens (tertiary/aromatic N) is 1. The van der Waals surface area contributed by atoms with Crippen molar-refractivity contribution in [2.45, 2.75) is 31.4 Å². The van der Waals surface area contributed by atoms with Crippen LogP contribution < -0.4 is 0 Å². The van der Waals surface area contributed by atoms with Crippen molar-refractivity contribution in [3.8, 4) is 0 Å². The summed E-state index contributed by atoms with van der Waals surface area (Å²) in [5.41, 5.74) is 4.21. The highest BCUT2D eigenvalue weighted by molar-refractivity contribution is 5.75. The van der Waals surface area contributed by atoms with E-state index in [1.807, 2.05) is 53.4 Å². The smallest absolute Gasteiger partial charge is 0.411 e. The Bertz CT molecular complexity index is 893. The van der Waals surface area contributed by atoms with Gasteiger partial charge in [0.05, 0.1) is 25.3 Å². The van der Waals surface area contributed by atoms with Gasteiger partial charge in [-0.2, -0.15) is 0 Å². The van der Waals surface area contributed by atoms with Crippen LogP contribution in [0.25, 0.3) is 5.57 Å². The average molecular weight is 409 g/mol. The molecule has 2 aliphatic rings. The summed E-state index contributed by atoms with van der Waals surface area (Å²) in [6.45, 7) is 1.22. The second-order valence-corrected chi connectivity index (χ2v) is 7.49. The summed E-state index contributed by atoms with van der Waals surface area (Å²) < 4.78 is 22.3. The van der Waals surface area contributed by atoms with Crippen molar-refractivity contribution < 1.29 is 23.7 Å². The maximum atomic E-state index is 12.9. The molecular weight excluding hydrogens is 382 g/mol. The zero-order valence-electron chi connectivity index (χ0n) is 17.3. The van der Waals surface area contributed by atoms with Crippen molar-refractivity contribution in [3.63, 3.8) is 0 Å². The number of carbonyl (C=O) groups is 1. The molecule has 1 fully saturated rings. The number of carbonyl (C=O) groups excluding carboxylic acids is 1. The molecule has 2 unspecified atom stereocenters. The Kier molecular flexibility index (Phi) is 6.47. The fourth-order valence-corrected chi connectivity index (χ4v) is 4.22. The zero-order valence-corrected chi connectivity index (χ0v) is 17.3. The summed E-state index contributed by atoms with van der Waals surface area (Å²) in [4.78, 5) is 14.7. The van der Waals surface area contributed by atoms with Gasteiger partial charge in [-0.05, 0) is 23.1 Å². The lowest BCUT2D eigenvalue weighted by Crippen LogP contribution is -2.56. The first-order valence-corrected chi connectivity index (χ1v) is 10.1. The van der Waals surface area contributed by atoms with E-state index in [9.17, 15) is 4.79 Å². The highest BCUT2D eigenvalue weighted by Gasteiger charge is 2.39. The molecule has 158 valence electrons. The number of amides is 1. The molecule has 1 saturated heterocycles. The second-order valence-electron chi connectivity index (χ2n) is 7.49. The van der Waals surface area contributed by atoms with Crippen LogP contribution in [0.3, 0.4) is 0 Å². The van der Waals surface area contributed by atoms with Gasteiger partial charge in [0, 0.05) is 19.8 Å². The number of benzene rings is 2. The van der Waals surface area contributed by atoms with Crippen LogP contribution in [0.2, 0.25) is 0 Å². The average Bonchev–Trinajstić information content (AvgIpc) is 2.78. The molecule has 4 rings (SSSR count). The first kappa shape index (κ1) is 20.6. The summed E-state index contributed by atoms with van der Waals surface area (Å²) in [6, 6.07) is 17.6. The molecule has 30 heavy (non-hydrogen) atoms. The molecule has 2 aliphatic heterocycles. The van der Waals surface area contributed by atoms with Crippen LogP contribution in [0, 0.1) is 0 Å². The van der Waals surface area contributed by atoms with Gasteiger partial charge < -0.3 is 18.9 Å². The third kappa shape index (κ3) is 4.26.